The van der Waals surface area contributed by atoms with E-state index in [0.717, 1.165) is 31.9 Å². The van der Waals surface area contributed by atoms with Crippen LogP contribution in [-0.4, -0.2) is 45.2 Å². The van der Waals surface area contributed by atoms with Crippen molar-refractivity contribution in [1.82, 2.24) is 10.6 Å². The van der Waals surface area contributed by atoms with Gasteiger partial charge in [-0.05, 0) is 43.4 Å². The molecule has 0 unspecified atom stereocenters. The zero-order valence-electron chi connectivity index (χ0n) is 16.3. The van der Waals surface area contributed by atoms with Crippen molar-refractivity contribution in [2.45, 2.75) is 50.5 Å². The number of carbonyl (C=O) groups excluding carboxylic acids is 3. The van der Waals surface area contributed by atoms with Crippen LogP contribution in [0.25, 0.3) is 0 Å². The second-order valence-corrected chi connectivity index (χ2v) is 9.23. The molecule has 2 N–H and O–H groups in total. The molecular weight excluding hydrogens is 384 g/mol. The van der Waals surface area contributed by atoms with Gasteiger partial charge >= 0.3 is 12.0 Å². The molecule has 0 radical (unpaired) electrons. The lowest BCUT2D eigenvalue weighted by Gasteiger charge is -2.29. The summed E-state index contributed by atoms with van der Waals surface area (Å²) >= 11 is 0. The Morgan fingerprint density at radius 2 is 1.86 bits per heavy atom. The average molecular weight is 410 g/mol. The van der Waals surface area contributed by atoms with Gasteiger partial charge in [-0.3, -0.25) is 10.1 Å². The van der Waals surface area contributed by atoms with Crippen LogP contribution >= 0.6 is 0 Å². The summed E-state index contributed by atoms with van der Waals surface area (Å²) in [7, 11) is -3.48. The van der Waals surface area contributed by atoms with Gasteiger partial charge in [0.1, 0.15) is 0 Å². The Hall–Kier alpha value is -2.42. The molecule has 1 saturated carbocycles. The van der Waals surface area contributed by atoms with Crippen molar-refractivity contribution in [3.63, 3.8) is 0 Å². The molecule has 3 amide bonds. The molecule has 0 spiro atoms. The van der Waals surface area contributed by atoms with Crippen molar-refractivity contribution in [2.24, 2.45) is 5.92 Å². The summed E-state index contributed by atoms with van der Waals surface area (Å²) < 4.78 is 28.2. The molecule has 0 saturated heterocycles. The third-order valence-electron chi connectivity index (χ3n) is 4.87. The van der Waals surface area contributed by atoms with Crippen LogP contribution < -0.4 is 10.6 Å². The molecule has 1 aromatic rings. The molecule has 0 aromatic heterocycles. The van der Waals surface area contributed by atoms with Crippen LogP contribution in [0.5, 0.6) is 0 Å². The first-order valence-corrected chi connectivity index (χ1v) is 11.0. The lowest BCUT2D eigenvalue weighted by Crippen LogP contribution is -2.48. The minimum atomic E-state index is -3.48. The molecular formula is C19H26N2O6S. The largest absolute Gasteiger partial charge is 0.452 e. The summed E-state index contributed by atoms with van der Waals surface area (Å²) in [5.41, 5.74) is 0.568. The van der Waals surface area contributed by atoms with E-state index >= 15 is 0 Å². The zero-order valence-corrected chi connectivity index (χ0v) is 17.1. The van der Waals surface area contributed by atoms with Gasteiger partial charge in [0.25, 0.3) is 5.91 Å². The van der Waals surface area contributed by atoms with E-state index in [-0.39, 0.29) is 16.5 Å². The monoisotopic (exact) mass is 410 g/mol. The average Bonchev–Trinajstić information content (AvgIpc) is 2.61. The number of benzene rings is 1. The van der Waals surface area contributed by atoms with Crippen LogP contribution in [-0.2, 0) is 19.4 Å². The summed E-state index contributed by atoms with van der Waals surface area (Å²) in [5, 5.41) is 4.92. The van der Waals surface area contributed by atoms with E-state index in [1.807, 2.05) is 0 Å². The van der Waals surface area contributed by atoms with E-state index in [9.17, 15) is 22.8 Å². The normalized spacial score (nSPS) is 19.5. The van der Waals surface area contributed by atoms with Gasteiger partial charge in [0.15, 0.2) is 16.4 Å². The van der Waals surface area contributed by atoms with Crippen molar-refractivity contribution < 1.29 is 27.5 Å². The number of imide groups is 1. The predicted octanol–water partition coefficient (Wildman–Crippen LogP) is 1.96. The highest BCUT2D eigenvalue weighted by Gasteiger charge is 2.23. The fourth-order valence-corrected chi connectivity index (χ4v) is 3.81. The standard InChI is InChI=1S/C19H26N2O6S/c1-12-8-9-14(28(3,25)26)10-15(12)18(23)27-11-17(22)21-19(24)20-16-7-5-4-6-13(16)2/h8-10,13,16H,4-7,11H2,1-3H3,(H2,20,21,22,24)/t13-,16-/m1/s1. The van der Waals surface area contributed by atoms with Crippen LogP contribution in [0.2, 0.25) is 0 Å². The zero-order chi connectivity index (χ0) is 20.9. The Kier molecular flexibility index (Phi) is 7.17. The highest BCUT2D eigenvalue weighted by molar-refractivity contribution is 7.90. The lowest BCUT2D eigenvalue weighted by atomic mass is 9.86. The van der Waals surface area contributed by atoms with Gasteiger partial charge in [-0.15, -0.1) is 0 Å². The highest BCUT2D eigenvalue weighted by atomic mass is 32.2. The molecule has 0 bridgehead atoms. The maximum Gasteiger partial charge on any atom is 0.338 e. The predicted molar refractivity (Wildman–Crippen MR) is 103 cm³/mol. The Morgan fingerprint density at radius 3 is 2.50 bits per heavy atom. The van der Waals surface area contributed by atoms with Crippen LogP contribution in [0.1, 0.15) is 48.5 Å². The smallest absolute Gasteiger partial charge is 0.338 e. The van der Waals surface area contributed by atoms with Crippen molar-refractivity contribution >= 4 is 27.7 Å². The lowest BCUT2D eigenvalue weighted by molar-refractivity contribution is -0.123. The summed E-state index contributed by atoms with van der Waals surface area (Å²) in [6.07, 6.45) is 5.10. The summed E-state index contributed by atoms with van der Waals surface area (Å²) in [5.74, 6) is -1.25. The van der Waals surface area contributed by atoms with Gasteiger partial charge in [-0.25, -0.2) is 18.0 Å². The number of urea groups is 1. The number of esters is 1. The fraction of sp³-hybridized carbons (Fsp3) is 0.526. The molecule has 2 rings (SSSR count). The second-order valence-electron chi connectivity index (χ2n) is 7.21. The molecule has 1 aliphatic rings. The number of hydrogen-bond donors (Lipinski definition) is 2. The SMILES string of the molecule is Cc1ccc(S(C)(=O)=O)cc1C(=O)OCC(=O)NC(=O)N[C@@H]1CCCC[C@H]1C. The quantitative estimate of drug-likeness (QED) is 0.716. The van der Waals surface area contributed by atoms with Gasteiger partial charge in [0.05, 0.1) is 10.5 Å². The molecule has 154 valence electrons. The number of nitrogens with one attached hydrogen (secondary N) is 2. The van der Waals surface area contributed by atoms with Crippen molar-refractivity contribution in [1.29, 1.82) is 0 Å². The van der Waals surface area contributed by atoms with Crippen LogP contribution in [0, 0.1) is 12.8 Å². The second kappa shape index (κ2) is 9.18. The van der Waals surface area contributed by atoms with Crippen molar-refractivity contribution in [3.8, 4) is 0 Å². The third-order valence-corrected chi connectivity index (χ3v) is 5.98. The van der Waals surface area contributed by atoms with Crippen molar-refractivity contribution in [3.05, 3.63) is 29.3 Å². The first-order valence-electron chi connectivity index (χ1n) is 9.16. The molecule has 2 atom stereocenters. The van der Waals surface area contributed by atoms with Gasteiger partial charge in [0, 0.05) is 12.3 Å². The minimum absolute atomic E-state index is 0.0181. The van der Waals surface area contributed by atoms with E-state index in [1.54, 1.807) is 6.92 Å². The minimum Gasteiger partial charge on any atom is -0.452 e. The molecule has 0 aliphatic heterocycles. The number of hydrogen-bond acceptors (Lipinski definition) is 6. The molecule has 0 heterocycles. The first kappa shape index (κ1) is 21.9. The van der Waals surface area contributed by atoms with E-state index in [0.29, 0.717) is 11.5 Å². The summed E-state index contributed by atoms with van der Waals surface area (Å²) in [6, 6.07) is 3.50. The van der Waals surface area contributed by atoms with Crippen molar-refractivity contribution in [2.75, 3.05) is 12.9 Å². The van der Waals surface area contributed by atoms with Gasteiger partial charge in [-0.2, -0.15) is 0 Å². The Bertz CT molecular complexity index is 865. The van der Waals surface area contributed by atoms with Gasteiger partial charge < -0.3 is 10.1 Å². The number of ether oxygens (including phenoxy) is 1. The molecule has 8 nitrogen and oxygen atoms in total. The Morgan fingerprint density at radius 1 is 1.18 bits per heavy atom. The summed E-state index contributed by atoms with van der Waals surface area (Å²) in [6.45, 7) is 3.04. The first-order chi connectivity index (χ1) is 13.1. The molecule has 1 fully saturated rings. The van der Waals surface area contributed by atoms with Gasteiger partial charge in [0.2, 0.25) is 0 Å². The number of aryl methyl sites for hydroxylation is 1. The van der Waals surface area contributed by atoms with E-state index in [4.69, 9.17) is 4.74 Å². The number of sulfone groups is 1. The molecule has 9 heteroatoms. The van der Waals surface area contributed by atoms with E-state index in [2.05, 4.69) is 17.6 Å². The number of carbonyl (C=O) groups is 3. The highest BCUT2D eigenvalue weighted by Crippen LogP contribution is 2.23. The van der Waals surface area contributed by atoms with Crippen LogP contribution in [0.3, 0.4) is 0 Å². The van der Waals surface area contributed by atoms with E-state index < -0.39 is 34.4 Å². The van der Waals surface area contributed by atoms with Crippen LogP contribution in [0.15, 0.2) is 23.1 Å². The van der Waals surface area contributed by atoms with Crippen LogP contribution in [0.4, 0.5) is 4.79 Å². The number of amides is 3. The number of rotatable bonds is 5. The Balaban J connectivity index is 1.88. The summed E-state index contributed by atoms with van der Waals surface area (Å²) in [4.78, 5) is 36.0. The fourth-order valence-electron chi connectivity index (χ4n) is 3.16. The topological polar surface area (TPSA) is 119 Å². The molecule has 28 heavy (non-hydrogen) atoms. The molecule has 1 aliphatic carbocycles. The maximum atomic E-state index is 12.2. The van der Waals surface area contributed by atoms with Gasteiger partial charge in [-0.1, -0.05) is 25.8 Å². The Labute approximate surface area is 164 Å². The third kappa shape index (κ3) is 6.05. The maximum absolute atomic E-state index is 12.2. The van der Waals surface area contributed by atoms with E-state index in [1.165, 1.54) is 18.2 Å². The molecule has 1 aromatic carbocycles.